The second-order valence-electron chi connectivity index (χ2n) is 6.14. The van der Waals surface area contributed by atoms with E-state index in [0.29, 0.717) is 13.1 Å². The van der Waals surface area contributed by atoms with Gasteiger partial charge in [-0.1, -0.05) is 18.2 Å². The molecule has 0 aliphatic heterocycles. The Hall–Kier alpha value is -1.11. The van der Waals surface area contributed by atoms with Crippen LogP contribution in [0.1, 0.15) is 33.3 Å². The van der Waals surface area contributed by atoms with E-state index in [9.17, 15) is 8.42 Å². The van der Waals surface area contributed by atoms with Gasteiger partial charge in [-0.2, -0.15) is 0 Å². The molecule has 0 radical (unpaired) electrons. The number of nitrogens with one attached hydrogen (secondary N) is 2. The molecule has 2 N–H and O–H groups in total. The standard InChI is InChI=1S/C15H26N2O3S/c1-12(2)20-14-9-7-6-8-13(14)10-16-11-15(3,4)17-21(5,18)19/h6-9,12,16-17H,10-11H2,1-5H3. The quantitative estimate of drug-likeness (QED) is 0.769. The number of para-hydroxylation sites is 1. The van der Waals surface area contributed by atoms with E-state index in [0.717, 1.165) is 11.3 Å². The molecular weight excluding hydrogens is 288 g/mol. The molecule has 120 valence electrons. The van der Waals surface area contributed by atoms with Gasteiger partial charge in [-0.3, -0.25) is 0 Å². The molecule has 1 aromatic rings. The fraction of sp³-hybridized carbons (Fsp3) is 0.600. The lowest BCUT2D eigenvalue weighted by Crippen LogP contribution is -2.49. The summed E-state index contributed by atoms with van der Waals surface area (Å²) < 4.78 is 31.0. The second-order valence-corrected chi connectivity index (χ2v) is 7.88. The van der Waals surface area contributed by atoms with Crippen molar-refractivity contribution in [2.45, 2.75) is 45.9 Å². The molecule has 0 amide bonds. The van der Waals surface area contributed by atoms with Crippen LogP contribution in [0, 0.1) is 0 Å². The van der Waals surface area contributed by atoms with Gasteiger partial charge in [0.25, 0.3) is 0 Å². The van der Waals surface area contributed by atoms with Gasteiger partial charge in [0.15, 0.2) is 0 Å². The van der Waals surface area contributed by atoms with Crippen molar-refractivity contribution in [2.75, 3.05) is 12.8 Å². The van der Waals surface area contributed by atoms with Crippen molar-refractivity contribution in [1.82, 2.24) is 10.0 Å². The van der Waals surface area contributed by atoms with Crippen molar-refractivity contribution in [2.24, 2.45) is 0 Å². The molecule has 1 aromatic carbocycles. The lowest BCUT2D eigenvalue weighted by Gasteiger charge is -2.25. The van der Waals surface area contributed by atoms with Crippen LogP contribution in [-0.4, -0.2) is 32.9 Å². The summed E-state index contributed by atoms with van der Waals surface area (Å²) in [6.45, 7) is 8.82. The molecular formula is C15H26N2O3S. The second kappa shape index (κ2) is 7.24. The Morgan fingerprint density at radius 2 is 1.86 bits per heavy atom. The summed E-state index contributed by atoms with van der Waals surface area (Å²) in [5, 5.41) is 3.27. The van der Waals surface area contributed by atoms with E-state index < -0.39 is 15.6 Å². The van der Waals surface area contributed by atoms with Crippen molar-refractivity contribution in [3.05, 3.63) is 29.8 Å². The maximum atomic E-state index is 11.3. The van der Waals surface area contributed by atoms with E-state index in [2.05, 4.69) is 10.0 Å². The van der Waals surface area contributed by atoms with Gasteiger partial charge < -0.3 is 10.1 Å². The van der Waals surface area contributed by atoms with Crippen LogP contribution in [0.25, 0.3) is 0 Å². The van der Waals surface area contributed by atoms with Crippen LogP contribution in [0.2, 0.25) is 0 Å². The minimum atomic E-state index is -3.22. The van der Waals surface area contributed by atoms with Crippen LogP contribution in [0.3, 0.4) is 0 Å². The number of rotatable bonds is 8. The van der Waals surface area contributed by atoms with Crippen LogP contribution in [0.4, 0.5) is 0 Å². The molecule has 21 heavy (non-hydrogen) atoms. The predicted molar refractivity (Wildman–Crippen MR) is 86.0 cm³/mol. The number of hydrogen-bond acceptors (Lipinski definition) is 4. The number of benzene rings is 1. The van der Waals surface area contributed by atoms with Gasteiger partial charge >= 0.3 is 0 Å². The topological polar surface area (TPSA) is 67.4 Å². The Balaban J connectivity index is 2.60. The van der Waals surface area contributed by atoms with Gasteiger partial charge in [-0.25, -0.2) is 13.1 Å². The smallest absolute Gasteiger partial charge is 0.209 e. The van der Waals surface area contributed by atoms with Gasteiger partial charge in [0.2, 0.25) is 10.0 Å². The number of hydrogen-bond donors (Lipinski definition) is 2. The highest BCUT2D eigenvalue weighted by atomic mass is 32.2. The maximum absolute atomic E-state index is 11.3. The summed E-state index contributed by atoms with van der Waals surface area (Å²) in [4.78, 5) is 0. The highest BCUT2D eigenvalue weighted by molar-refractivity contribution is 7.88. The van der Waals surface area contributed by atoms with E-state index in [4.69, 9.17) is 4.74 Å². The summed E-state index contributed by atoms with van der Waals surface area (Å²) in [6, 6.07) is 7.85. The molecule has 0 fully saturated rings. The highest BCUT2D eigenvalue weighted by Gasteiger charge is 2.21. The average molecular weight is 314 g/mol. The monoisotopic (exact) mass is 314 g/mol. The molecule has 0 saturated carbocycles. The van der Waals surface area contributed by atoms with Crippen LogP contribution in [0.5, 0.6) is 5.75 Å². The van der Waals surface area contributed by atoms with Crippen LogP contribution in [0.15, 0.2) is 24.3 Å². The molecule has 0 aliphatic rings. The zero-order chi connectivity index (χ0) is 16.1. The van der Waals surface area contributed by atoms with Gasteiger partial charge in [0.05, 0.1) is 12.4 Å². The van der Waals surface area contributed by atoms with Crippen molar-refractivity contribution in [3.8, 4) is 5.75 Å². The molecule has 0 bridgehead atoms. The first kappa shape index (κ1) is 17.9. The van der Waals surface area contributed by atoms with Crippen LogP contribution >= 0.6 is 0 Å². The Morgan fingerprint density at radius 3 is 2.43 bits per heavy atom. The first-order valence-electron chi connectivity index (χ1n) is 7.03. The molecule has 0 unspecified atom stereocenters. The van der Waals surface area contributed by atoms with Crippen LogP contribution in [-0.2, 0) is 16.6 Å². The molecule has 0 aliphatic carbocycles. The average Bonchev–Trinajstić information content (AvgIpc) is 2.27. The first-order chi connectivity index (χ1) is 9.59. The molecule has 1 rings (SSSR count). The molecule has 0 spiro atoms. The van der Waals surface area contributed by atoms with E-state index in [1.807, 2.05) is 52.0 Å². The summed E-state index contributed by atoms with van der Waals surface area (Å²) in [5.41, 5.74) is 0.517. The molecule has 0 heterocycles. The van der Waals surface area contributed by atoms with Gasteiger partial charge in [-0.05, 0) is 33.8 Å². The van der Waals surface area contributed by atoms with Crippen molar-refractivity contribution in [3.63, 3.8) is 0 Å². The van der Waals surface area contributed by atoms with Crippen LogP contribution < -0.4 is 14.8 Å². The summed E-state index contributed by atoms with van der Waals surface area (Å²) in [7, 11) is -3.22. The third-order valence-corrected chi connectivity index (χ3v) is 3.60. The highest BCUT2D eigenvalue weighted by Crippen LogP contribution is 2.19. The Labute approximate surface area is 128 Å². The maximum Gasteiger partial charge on any atom is 0.209 e. The van der Waals surface area contributed by atoms with Crippen molar-refractivity contribution in [1.29, 1.82) is 0 Å². The summed E-state index contributed by atoms with van der Waals surface area (Å²) in [6.07, 6.45) is 1.29. The fourth-order valence-corrected chi connectivity index (χ4v) is 3.14. The van der Waals surface area contributed by atoms with Gasteiger partial charge in [-0.15, -0.1) is 0 Å². The van der Waals surface area contributed by atoms with E-state index >= 15 is 0 Å². The summed E-state index contributed by atoms with van der Waals surface area (Å²) >= 11 is 0. The third-order valence-electron chi connectivity index (χ3n) is 2.68. The molecule has 0 atom stereocenters. The van der Waals surface area contributed by atoms with E-state index in [1.54, 1.807) is 0 Å². The Kier molecular flexibility index (Phi) is 6.19. The third kappa shape index (κ3) is 7.45. The molecule has 0 aromatic heterocycles. The summed E-state index contributed by atoms with van der Waals surface area (Å²) in [5.74, 6) is 0.855. The van der Waals surface area contributed by atoms with Gasteiger partial charge in [0.1, 0.15) is 5.75 Å². The molecule has 0 saturated heterocycles. The minimum absolute atomic E-state index is 0.120. The molecule has 5 nitrogen and oxygen atoms in total. The molecule has 6 heteroatoms. The zero-order valence-electron chi connectivity index (χ0n) is 13.4. The Morgan fingerprint density at radius 1 is 1.24 bits per heavy atom. The first-order valence-corrected chi connectivity index (χ1v) is 8.92. The normalized spacial score (nSPS) is 12.7. The zero-order valence-corrected chi connectivity index (χ0v) is 14.3. The van der Waals surface area contributed by atoms with E-state index in [-0.39, 0.29) is 6.10 Å². The SMILES string of the molecule is CC(C)Oc1ccccc1CNCC(C)(C)NS(C)(=O)=O. The van der Waals surface area contributed by atoms with Crippen molar-refractivity contribution >= 4 is 10.0 Å². The van der Waals surface area contributed by atoms with E-state index in [1.165, 1.54) is 6.26 Å². The largest absolute Gasteiger partial charge is 0.491 e. The minimum Gasteiger partial charge on any atom is -0.491 e. The van der Waals surface area contributed by atoms with Crippen molar-refractivity contribution < 1.29 is 13.2 Å². The lowest BCUT2D eigenvalue weighted by atomic mass is 10.1. The Bertz CT molecular complexity index is 554. The predicted octanol–water partition coefficient (Wildman–Crippen LogP) is 1.89. The number of sulfonamides is 1. The van der Waals surface area contributed by atoms with Gasteiger partial charge in [0, 0.05) is 24.2 Å². The number of ether oxygens (including phenoxy) is 1. The lowest BCUT2D eigenvalue weighted by molar-refractivity contribution is 0.239. The fourth-order valence-electron chi connectivity index (χ4n) is 2.07.